The van der Waals surface area contributed by atoms with Crippen molar-refractivity contribution in [2.75, 3.05) is 39.9 Å². The van der Waals surface area contributed by atoms with Gasteiger partial charge in [0.2, 0.25) is 11.7 Å². The van der Waals surface area contributed by atoms with Gasteiger partial charge in [0, 0.05) is 52.2 Å². The molecule has 126 valence electrons. The fraction of sp³-hybridized carbons (Fsp3) is 0.733. The van der Waals surface area contributed by atoms with Crippen molar-refractivity contribution in [2.45, 2.75) is 19.3 Å². The van der Waals surface area contributed by atoms with Crippen LogP contribution in [0.2, 0.25) is 0 Å². The zero-order valence-corrected chi connectivity index (χ0v) is 13.7. The molecule has 0 radical (unpaired) electrons. The molecule has 1 aromatic rings. The first-order valence-corrected chi connectivity index (χ1v) is 7.95. The zero-order valence-electron chi connectivity index (χ0n) is 13.7. The van der Waals surface area contributed by atoms with Crippen LogP contribution in [-0.2, 0) is 16.6 Å². The van der Waals surface area contributed by atoms with Gasteiger partial charge in [0.15, 0.2) is 0 Å². The average molecular weight is 321 g/mol. The molecule has 0 N–H and O–H groups in total. The van der Waals surface area contributed by atoms with Gasteiger partial charge in [-0.05, 0) is 12.8 Å². The molecule has 0 aliphatic carbocycles. The lowest BCUT2D eigenvalue weighted by atomic mass is 9.77. The van der Waals surface area contributed by atoms with Crippen molar-refractivity contribution in [1.29, 1.82) is 0 Å². The maximum absolute atomic E-state index is 12.4. The zero-order chi connectivity index (χ0) is 16.4. The maximum atomic E-state index is 12.4. The molecule has 2 saturated heterocycles. The van der Waals surface area contributed by atoms with E-state index in [1.807, 2.05) is 4.90 Å². The first-order chi connectivity index (χ1) is 11.0. The van der Waals surface area contributed by atoms with Gasteiger partial charge in [0.05, 0.1) is 6.61 Å². The predicted molar refractivity (Wildman–Crippen MR) is 81.6 cm³/mol. The molecule has 0 unspecified atom stereocenters. The summed E-state index contributed by atoms with van der Waals surface area (Å²) in [5, 5.41) is 4.07. The number of piperidine rings is 1. The second-order valence-electron chi connectivity index (χ2n) is 6.52. The van der Waals surface area contributed by atoms with Gasteiger partial charge >= 0.3 is 0 Å². The molecule has 2 aliphatic heterocycles. The third-order valence-electron chi connectivity index (χ3n) is 4.87. The highest BCUT2D eigenvalue weighted by Crippen LogP contribution is 2.41. The fourth-order valence-electron chi connectivity index (χ4n) is 3.48. The third-order valence-corrected chi connectivity index (χ3v) is 4.87. The van der Waals surface area contributed by atoms with Crippen LogP contribution in [0.4, 0.5) is 0 Å². The van der Waals surface area contributed by atoms with Crippen LogP contribution < -0.4 is 0 Å². The van der Waals surface area contributed by atoms with Crippen LogP contribution in [0.1, 0.15) is 29.9 Å². The first kappa shape index (κ1) is 15.9. The van der Waals surface area contributed by atoms with Gasteiger partial charge in [-0.3, -0.25) is 14.3 Å². The standard InChI is InChI=1S/C15H23N5O3/c1-18-11-16-13(17-18)14(22)19-5-3-15(4-6-19)9-12(21)20(10-15)7-8-23-2/h11H,3-10H2,1-2H3. The van der Waals surface area contributed by atoms with E-state index in [2.05, 4.69) is 10.1 Å². The summed E-state index contributed by atoms with van der Waals surface area (Å²) in [5.74, 6) is 0.321. The lowest BCUT2D eigenvalue weighted by Crippen LogP contribution is -2.44. The third kappa shape index (κ3) is 3.21. The van der Waals surface area contributed by atoms with Gasteiger partial charge in [0.1, 0.15) is 6.33 Å². The van der Waals surface area contributed by atoms with Crippen LogP contribution >= 0.6 is 0 Å². The number of carbonyl (C=O) groups is 2. The van der Waals surface area contributed by atoms with Gasteiger partial charge in [-0.2, -0.15) is 0 Å². The predicted octanol–water partition coefficient (Wildman–Crippen LogP) is -0.0838. The van der Waals surface area contributed by atoms with E-state index in [9.17, 15) is 9.59 Å². The smallest absolute Gasteiger partial charge is 0.293 e. The quantitative estimate of drug-likeness (QED) is 0.775. The highest BCUT2D eigenvalue weighted by atomic mass is 16.5. The summed E-state index contributed by atoms with van der Waals surface area (Å²) in [6.07, 6.45) is 3.81. The van der Waals surface area contributed by atoms with Crippen LogP contribution in [0.3, 0.4) is 0 Å². The Morgan fingerprint density at radius 3 is 2.74 bits per heavy atom. The molecule has 3 rings (SSSR count). The number of likely N-dealkylation sites (tertiary alicyclic amines) is 2. The highest BCUT2D eigenvalue weighted by molar-refractivity contribution is 5.90. The number of aromatic nitrogens is 3. The number of carbonyl (C=O) groups excluding carboxylic acids is 2. The minimum Gasteiger partial charge on any atom is -0.383 e. The fourth-order valence-corrected chi connectivity index (χ4v) is 3.48. The molecule has 23 heavy (non-hydrogen) atoms. The van der Waals surface area contributed by atoms with Crippen LogP contribution in [0.25, 0.3) is 0 Å². The van der Waals surface area contributed by atoms with E-state index in [1.165, 1.54) is 11.0 Å². The Labute approximate surface area is 135 Å². The average Bonchev–Trinajstić information content (AvgIpc) is 3.09. The molecule has 3 heterocycles. The molecule has 1 aromatic heterocycles. The van der Waals surface area contributed by atoms with E-state index in [-0.39, 0.29) is 23.1 Å². The van der Waals surface area contributed by atoms with E-state index >= 15 is 0 Å². The second-order valence-corrected chi connectivity index (χ2v) is 6.52. The highest BCUT2D eigenvalue weighted by Gasteiger charge is 2.45. The normalized spacial score (nSPS) is 20.5. The number of nitrogens with zero attached hydrogens (tertiary/aromatic N) is 5. The van der Waals surface area contributed by atoms with Crippen molar-refractivity contribution in [3.05, 3.63) is 12.2 Å². The molecular formula is C15H23N5O3. The lowest BCUT2D eigenvalue weighted by molar-refractivity contribution is -0.128. The molecule has 2 fully saturated rings. The summed E-state index contributed by atoms with van der Waals surface area (Å²) in [6.45, 7) is 3.30. The minimum atomic E-state index is -0.124. The molecule has 2 aliphatic rings. The number of hydrogen-bond donors (Lipinski definition) is 0. The first-order valence-electron chi connectivity index (χ1n) is 7.95. The van der Waals surface area contributed by atoms with Gasteiger partial charge in [-0.15, -0.1) is 5.10 Å². The van der Waals surface area contributed by atoms with E-state index in [0.717, 1.165) is 19.4 Å². The van der Waals surface area contributed by atoms with E-state index < -0.39 is 0 Å². The molecule has 0 bridgehead atoms. The van der Waals surface area contributed by atoms with Gasteiger partial charge < -0.3 is 14.5 Å². The van der Waals surface area contributed by atoms with Crippen molar-refractivity contribution in [3.8, 4) is 0 Å². The van der Waals surface area contributed by atoms with Crippen LogP contribution in [0.5, 0.6) is 0 Å². The molecule has 0 aromatic carbocycles. The molecule has 0 saturated carbocycles. The van der Waals surface area contributed by atoms with Crippen LogP contribution in [-0.4, -0.2) is 76.3 Å². The van der Waals surface area contributed by atoms with Crippen molar-refractivity contribution in [1.82, 2.24) is 24.6 Å². The number of aryl methyl sites for hydroxylation is 1. The maximum Gasteiger partial charge on any atom is 0.293 e. The Morgan fingerprint density at radius 2 is 2.13 bits per heavy atom. The Bertz CT molecular complexity index is 592. The number of methoxy groups -OCH3 is 1. The van der Waals surface area contributed by atoms with Gasteiger partial charge in [0.25, 0.3) is 5.91 Å². The van der Waals surface area contributed by atoms with Gasteiger partial charge in [-0.25, -0.2) is 4.98 Å². The van der Waals surface area contributed by atoms with Crippen LogP contribution in [0.15, 0.2) is 6.33 Å². The lowest BCUT2D eigenvalue weighted by Gasteiger charge is -2.38. The molecule has 1 spiro atoms. The number of hydrogen-bond acceptors (Lipinski definition) is 5. The molecule has 8 nitrogen and oxygen atoms in total. The summed E-state index contributed by atoms with van der Waals surface area (Å²) < 4.78 is 6.59. The Morgan fingerprint density at radius 1 is 1.39 bits per heavy atom. The molecule has 0 atom stereocenters. The summed E-state index contributed by atoms with van der Waals surface area (Å²) in [5.41, 5.74) is 0.0130. The SMILES string of the molecule is COCCN1CC2(CCN(C(=O)c3ncn(C)n3)CC2)CC1=O. The number of amides is 2. The van der Waals surface area contributed by atoms with Crippen molar-refractivity contribution in [2.24, 2.45) is 12.5 Å². The summed E-state index contributed by atoms with van der Waals surface area (Å²) >= 11 is 0. The molecule has 2 amide bonds. The van der Waals surface area contributed by atoms with E-state index in [1.54, 1.807) is 19.1 Å². The monoisotopic (exact) mass is 321 g/mol. The van der Waals surface area contributed by atoms with Crippen molar-refractivity contribution in [3.63, 3.8) is 0 Å². The summed E-state index contributed by atoms with van der Waals surface area (Å²) in [4.78, 5) is 32.2. The number of ether oxygens (including phenoxy) is 1. The second kappa shape index (κ2) is 6.27. The molecular weight excluding hydrogens is 298 g/mol. The van der Waals surface area contributed by atoms with Crippen molar-refractivity contribution < 1.29 is 14.3 Å². The van der Waals surface area contributed by atoms with E-state index in [4.69, 9.17) is 4.74 Å². The van der Waals surface area contributed by atoms with Crippen molar-refractivity contribution >= 4 is 11.8 Å². The number of rotatable bonds is 4. The summed E-state index contributed by atoms with van der Waals surface area (Å²) in [7, 11) is 3.39. The largest absolute Gasteiger partial charge is 0.383 e. The van der Waals surface area contributed by atoms with Crippen LogP contribution in [0, 0.1) is 5.41 Å². The minimum absolute atomic E-state index is 0.0130. The topological polar surface area (TPSA) is 80.6 Å². The molecule has 8 heteroatoms. The van der Waals surface area contributed by atoms with E-state index in [0.29, 0.717) is 32.7 Å². The Balaban J connectivity index is 1.58. The van der Waals surface area contributed by atoms with Gasteiger partial charge in [-0.1, -0.05) is 0 Å². The Kier molecular flexibility index (Phi) is 4.34. The Hall–Kier alpha value is -1.96. The summed E-state index contributed by atoms with van der Waals surface area (Å²) in [6, 6.07) is 0.